The minimum absolute atomic E-state index is 0.479. The topological polar surface area (TPSA) is 63.0 Å². The van der Waals surface area contributed by atoms with Crippen molar-refractivity contribution >= 4 is 11.5 Å². The second-order valence-corrected chi connectivity index (χ2v) is 4.54. The smallest absolute Gasteiger partial charge is 0.131 e. The van der Waals surface area contributed by atoms with Crippen LogP contribution in [0.5, 0.6) is 0 Å². The molecule has 88 valence electrons. The maximum absolute atomic E-state index is 6.06. The van der Waals surface area contributed by atoms with Crippen LogP contribution in [0.15, 0.2) is 0 Å². The van der Waals surface area contributed by atoms with Crippen molar-refractivity contribution in [1.82, 2.24) is 10.3 Å². The van der Waals surface area contributed by atoms with Crippen molar-refractivity contribution in [2.45, 2.75) is 33.2 Å². The van der Waals surface area contributed by atoms with E-state index in [9.17, 15) is 0 Å². The van der Waals surface area contributed by atoms with Crippen LogP contribution in [-0.2, 0) is 0 Å². The van der Waals surface area contributed by atoms with Crippen molar-refractivity contribution in [3.05, 3.63) is 16.8 Å². The van der Waals surface area contributed by atoms with E-state index in [4.69, 9.17) is 5.73 Å². The summed E-state index contributed by atoms with van der Waals surface area (Å²) in [5, 5.41) is 6.80. The summed E-state index contributed by atoms with van der Waals surface area (Å²) in [5.74, 6) is 0.939. The minimum Gasteiger partial charge on any atom is -0.398 e. The first-order valence-corrected chi connectivity index (χ1v) is 5.80. The van der Waals surface area contributed by atoms with Gasteiger partial charge < -0.3 is 16.4 Å². The summed E-state index contributed by atoms with van der Waals surface area (Å²) >= 11 is 0. The van der Waals surface area contributed by atoms with Crippen LogP contribution in [0, 0.1) is 20.8 Å². The average Bonchev–Trinajstić information content (AvgIpc) is 2.76. The van der Waals surface area contributed by atoms with E-state index >= 15 is 0 Å². The van der Waals surface area contributed by atoms with E-state index < -0.39 is 0 Å². The summed E-state index contributed by atoms with van der Waals surface area (Å²) in [5.41, 5.74) is 10.1. The van der Waals surface area contributed by atoms with E-state index in [0.717, 1.165) is 47.8 Å². The summed E-state index contributed by atoms with van der Waals surface area (Å²) < 4.78 is 0. The number of nitrogens with zero attached hydrogens (tertiary/aromatic N) is 1. The molecule has 0 amide bonds. The Balaban J connectivity index is 2.26. The molecule has 2 rings (SSSR count). The Morgan fingerprint density at radius 3 is 2.69 bits per heavy atom. The number of aromatic nitrogens is 1. The molecule has 16 heavy (non-hydrogen) atoms. The van der Waals surface area contributed by atoms with Crippen LogP contribution >= 0.6 is 0 Å². The highest BCUT2D eigenvalue weighted by molar-refractivity contribution is 5.64. The Kier molecular flexibility index (Phi) is 3.01. The number of anilines is 2. The zero-order valence-electron chi connectivity index (χ0n) is 10.2. The third kappa shape index (κ3) is 1.97. The molecule has 1 aromatic rings. The molecule has 1 aromatic heterocycles. The fourth-order valence-electron chi connectivity index (χ4n) is 2.05. The normalized spacial score (nSPS) is 20.1. The predicted molar refractivity (Wildman–Crippen MR) is 67.8 cm³/mol. The first-order valence-electron chi connectivity index (χ1n) is 5.80. The van der Waals surface area contributed by atoms with Gasteiger partial charge in [0.2, 0.25) is 0 Å². The van der Waals surface area contributed by atoms with Gasteiger partial charge in [0, 0.05) is 29.5 Å². The average molecular weight is 220 g/mol. The Labute approximate surface area is 96.6 Å². The first kappa shape index (κ1) is 11.2. The Morgan fingerprint density at radius 1 is 1.31 bits per heavy atom. The van der Waals surface area contributed by atoms with Gasteiger partial charge >= 0.3 is 0 Å². The van der Waals surface area contributed by atoms with Crippen molar-refractivity contribution in [1.29, 1.82) is 0 Å². The predicted octanol–water partition coefficient (Wildman–Crippen LogP) is 1.36. The van der Waals surface area contributed by atoms with Crippen molar-refractivity contribution < 1.29 is 0 Å². The highest BCUT2D eigenvalue weighted by atomic mass is 15.1. The lowest BCUT2D eigenvalue weighted by atomic mass is 10.1. The minimum atomic E-state index is 0.479. The number of nitrogens with two attached hydrogens (primary N) is 1. The summed E-state index contributed by atoms with van der Waals surface area (Å²) in [6.45, 7) is 8.14. The summed E-state index contributed by atoms with van der Waals surface area (Å²) in [4.78, 5) is 4.58. The van der Waals surface area contributed by atoms with Gasteiger partial charge in [-0.15, -0.1) is 0 Å². The highest BCUT2D eigenvalue weighted by Crippen LogP contribution is 2.25. The van der Waals surface area contributed by atoms with Crippen molar-refractivity contribution in [3.63, 3.8) is 0 Å². The molecule has 0 radical (unpaired) electrons. The lowest BCUT2D eigenvalue weighted by molar-refractivity contribution is 0.785. The molecule has 0 spiro atoms. The third-order valence-electron chi connectivity index (χ3n) is 3.39. The fraction of sp³-hybridized carbons (Fsp3) is 0.583. The molecule has 1 fully saturated rings. The highest BCUT2D eigenvalue weighted by Gasteiger charge is 2.17. The molecule has 2 heterocycles. The number of pyridine rings is 1. The number of rotatable bonds is 2. The van der Waals surface area contributed by atoms with Gasteiger partial charge in [-0.1, -0.05) is 0 Å². The van der Waals surface area contributed by atoms with Crippen LogP contribution < -0.4 is 16.4 Å². The molecule has 4 nitrogen and oxygen atoms in total. The summed E-state index contributed by atoms with van der Waals surface area (Å²) in [6.07, 6.45) is 1.15. The van der Waals surface area contributed by atoms with Crippen LogP contribution in [0.2, 0.25) is 0 Å². The van der Waals surface area contributed by atoms with E-state index in [1.807, 2.05) is 20.8 Å². The molecule has 1 aliphatic rings. The Morgan fingerprint density at radius 2 is 2.06 bits per heavy atom. The first-order chi connectivity index (χ1) is 7.59. The molecule has 1 atom stereocenters. The molecule has 0 aliphatic carbocycles. The number of aryl methyl sites for hydroxylation is 1. The van der Waals surface area contributed by atoms with Crippen molar-refractivity contribution in [2.24, 2.45) is 0 Å². The SMILES string of the molecule is Cc1nc(N[C@H]2CCNC2)c(C)c(N)c1C. The quantitative estimate of drug-likeness (QED) is 0.704. The lowest BCUT2D eigenvalue weighted by Gasteiger charge is -2.17. The van der Waals surface area contributed by atoms with Gasteiger partial charge in [-0.2, -0.15) is 0 Å². The van der Waals surface area contributed by atoms with Crippen LogP contribution in [0.4, 0.5) is 11.5 Å². The maximum Gasteiger partial charge on any atom is 0.131 e. The zero-order chi connectivity index (χ0) is 11.7. The second-order valence-electron chi connectivity index (χ2n) is 4.54. The molecule has 0 aromatic carbocycles. The van der Waals surface area contributed by atoms with Gasteiger partial charge in [-0.3, -0.25) is 0 Å². The second kappa shape index (κ2) is 4.29. The van der Waals surface area contributed by atoms with Gasteiger partial charge in [0.1, 0.15) is 5.82 Å². The molecular weight excluding hydrogens is 200 g/mol. The summed E-state index contributed by atoms with van der Waals surface area (Å²) in [6, 6.07) is 0.479. The molecule has 4 heteroatoms. The Hall–Kier alpha value is -1.29. The van der Waals surface area contributed by atoms with Gasteiger partial charge in [0.05, 0.1) is 0 Å². The standard InChI is InChI=1S/C12H20N4/c1-7-9(3)15-12(8(2)11(7)13)16-10-4-5-14-6-10/h10,14H,4-6H2,1-3H3,(H3,13,15,16)/t10-/m0/s1. The molecule has 0 saturated carbocycles. The van der Waals surface area contributed by atoms with Crippen molar-refractivity contribution in [2.75, 3.05) is 24.1 Å². The van der Waals surface area contributed by atoms with Gasteiger partial charge in [0.15, 0.2) is 0 Å². The zero-order valence-corrected chi connectivity index (χ0v) is 10.2. The Bertz CT molecular complexity index is 394. The molecular formula is C12H20N4. The number of hydrogen-bond donors (Lipinski definition) is 3. The molecule has 0 unspecified atom stereocenters. The van der Waals surface area contributed by atoms with Crippen LogP contribution in [-0.4, -0.2) is 24.1 Å². The third-order valence-corrected chi connectivity index (χ3v) is 3.39. The molecule has 1 aliphatic heterocycles. The molecule has 4 N–H and O–H groups in total. The van der Waals surface area contributed by atoms with E-state index in [-0.39, 0.29) is 0 Å². The van der Waals surface area contributed by atoms with Crippen LogP contribution in [0.3, 0.4) is 0 Å². The number of nitrogen functional groups attached to an aromatic ring is 1. The van der Waals surface area contributed by atoms with E-state index in [0.29, 0.717) is 6.04 Å². The number of nitrogens with one attached hydrogen (secondary N) is 2. The molecule has 0 bridgehead atoms. The van der Waals surface area contributed by atoms with Crippen LogP contribution in [0.25, 0.3) is 0 Å². The lowest BCUT2D eigenvalue weighted by Crippen LogP contribution is -2.23. The maximum atomic E-state index is 6.06. The van der Waals surface area contributed by atoms with E-state index in [1.54, 1.807) is 0 Å². The van der Waals surface area contributed by atoms with E-state index in [2.05, 4.69) is 15.6 Å². The fourth-order valence-corrected chi connectivity index (χ4v) is 2.05. The van der Waals surface area contributed by atoms with Crippen molar-refractivity contribution in [3.8, 4) is 0 Å². The number of hydrogen-bond acceptors (Lipinski definition) is 4. The van der Waals surface area contributed by atoms with E-state index in [1.165, 1.54) is 0 Å². The van der Waals surface area contributed by atoms with Gasteiger partial charge in [0.25, 0.3) is 0 Å². The molecule has 1 saturated heterocycles. The van der Waals surface area contributed by atoms with Gasteiger partial charge in [-0.25, -0.2) is 4.98 Å². The summed E-state index contributed by atoms with van der Waals surface area (Å²) in [7, 11) is 0. The van der Waals surface area contributed by atoms with Gasteiger partial charge in [-0.05, 0) is 39.3 Å². The van der Waals surface area contributed by atoms with Crippen LogP contribution in [0.1, 0.15) is 23.2 Å². The monoisotopic (exact) mass is 220 g/mol. The largest absolute Gasteiger partial charge is 0.398 e.